The second-order valence-electron chi connectivity index (χ2n) is 6.37. The number of halogens is 3. The van der Waals surface area contributed by atoms with Gasteiger partial charge in [-0.05, 0) is 105 Å². The Hall–Kier alpha value is -1.58. The summed E-state index contributed by atoms with van der Waals surface area (Å²) in [6.07, 6.45) is 1.98. The molecular formula is C22H15ClI2N2O. The molecule has 4 rings (SSSR count). The molecule has 0 bridgehead atoms. The first-order valence-electron chi connectivity index (χ1n) is 8.60. The molecule has 1 amide bonds. The Balaban J connectivity index is 1.74. The van der Waals surface area contributed by atoms with Gasteiger partial charge in [-0.3, -0.25) is 9.69 Å². The lowest BCUT2D eigenvalue weighted by atomic mass is 10.1. The molecule has 3 aromatic rings. The van der Waals surface area contributed by atoms with E-state index in [1.54, 1.807) is 0 Å². The SMILES string of the molecule is O=C1C(Nc2cccc(I)c2)=CC(c2ccc(Cl)cc2)N1c1cccc(I)c1. The van der Waals surface area contributed by atoms with Gasteiger partial charge < -0.3 is 5.32 Å². The normalized spacial score (nSPS) is 16.2. The van der Waals surface area contributed by atoms with E-state index in [2.05, 4.69) is 50.5 Å². The monoisotopic (exact) mass is 612 g/mol. The number of nitrogens with zero attached hydrogens (tertiary/aromatic N) is 1. The van der Waals surface area contributed by atoms with Gasteiger partial charge in [-0.2, -0.15) is 0 Å². The van der Waals surface area contributed by atoms with E-state index >= 15 is 0 Å². The van der Waals surface area contributed by atoms with Crippen molar-refractivity contribution in [1.29, 1.82) is 0 Å². The minimum absolute atomic E-state index is 0.0548. The summed E-state index contributed by atoms with van der Waals surface area (Å²) >= 11 is 10.6. The molecule has 1 atom stereocenters. The van der Waals surface area contributed by atoms with Crippen LogP contribution < -0.4 is 10.2 Å². The van der Waals surface area contributed by atoms with Crippen molar-refractivity contribution < 1.29 is 4.79 Å². The summed E-state index contributed by atoms with van der Waals surface area (Å²) in [6, 6.07) is 23.4. The Morgan fingerprint density at radius 3 is 2.25 bits per heavy atom. The number of carbonyl (C=O) groups excluding carboxylic acids is 1. The van der Waals surface area contributed by atoms with E-state index in [1.165, 1.54) is 0 Å². The molecule has 0 radical (unpaired) electrons. The second-order valence-corrected chi connectivity index (χ2v) is 9.29. The van der Waals surface area contributed by atoms with Crippen molar-refractivity contribution in [2.24, 2.45) is 0 Å². The number of hydrogen-bond acceptors (Lipinski definition) is 2. The molecule has 3 nitrogen and oxygen atoms in total. The number of benzene rings is 3. The van der Waals surface area contributed by atoms with Gasteiger partial charge in [-0.1, -0.05) is 35.9 Å². The average Bonchev–Trinajstić information content (AvgIpc) is 2.99. The van der Waals surface area contributed by atoms with Crippen LogP contribution in [-0.4, -0.2) is 5.91 Å². The third-order valence-corrected chi connectivity index (χ3v) is 6.05. The summed E-state index contributed by atoms with van der Waals surface area (Å²) in [4.78, 5) is 15.1. The summed E-state index contributed by atoms with van der Waals surface area (Å²) < 4.78 is 2.19. The molecule has 1 aliphatic heterocycles. The average molecular weight is 613 g/mol. The number of carbonyl (C=O) groups is 1. The van der Waals surface area contributed by atoms with E-state index in [0.29, 0.717) is 10.7 Å². The molecule has 1 N–H and O–H groups in total. The molecule has 1 aliphatic rings. The van der Waals surface area contributed by atoms with E-state index in [1.807, 2.05) is 83.8 Å². The predicted molar refractivity (Wildman–Crippen MR) is 132 cm³/mol. The molecule has 0 fully saturated rings. The van der Waals surface area contributed by atoms with Crippen LogP contribution in [0.25, 0.3) is 0 Å². The highest BCUT2D eigenvalue weighted by Gasteiger charge is 2.34. The van der Waals surface area contributed by atoms with E-state index in [9.17, 15) is 4.79 Å². The smallest absolute Gasteiger partial charge is 0.275 e. The quantitative estimate of drug-likeness (QED) is 0.336. The van der Waals surface area contributed by atoms with Gasteiger partial charge in [0.2, 0.25) is 0 Å². The van der Waals surface area contributed by atoms with Crippen LogP contribution in [0, 0.1) is 7.14 Å². The molecule has 0 aliphatic carbocycles. The Bertz CT molecular complexity index is 1070. The fourth-order valence-corrected chi connectivity index (χ4v) is 4.38. The number of hydrogen-bond donors (Lipinski definition) is 1. The Morgan fingerprint density at radius 1 is 0.893 bits per heavy atom. The highest BCUT2D eigenvalue weighted by molar-refractivity contribution is 14.1. The molecule has 1 heterocycles. The van der Waals surface area contributed by atoms with Crippen LogP contribution in [0.1, 0.15) is 11.6 Å². The zero-order chi connectivity index (χ0) is 19.7. The lowest BCUT2D eigenvalue weighted by Gasteiger charge is -2.25. The number of amides is 1. The first-order valence-corrected chi connectivity index (χ1v) is 11.1. The molecule has 1 unspecified atom stereocenters. The first kappa shape index (κ1) is 19.7. The summed E-state index contributed by atoms with van der Waals surface area (Å²) in [6.45, 7) is 0. The highest BCUT2D eigenvalue weighted by atomic mass is 127. The Morgan fingerprint density at radius 2 is 1.57 bits per heavy atom. The van der Waals surface area contributed by atoms with Crippen LogP contribution in [0.15, 0.2) is 84.6 Å². The molecule has 28 heavy (non-hydrogen) atoms. The van der Waals surface area contributed by atoms with Gasteiger partial charge in [-0.15, -0.1) is 0 Å². The first-order chi connectivity index (χ1) is 13.5. The van der Waals surface area contributed by atoms with Gasteiger partial charge in [-0.25, -0.2) is 0 Å². The van der Waals surface area contributed by atoms with Gasteiger partial charge >= 0.3 is 0 Å². The van der Waals surface area contributed by atoms with Crippen molar-refractivity contribution in [2.45, 2.75) is 6.04 Å². The molecule has 0 spiro atoms. The summed E-state index contributed by atoms with van der Waals surface area (Å²) in [7, 11) is 0. The van der Waals surface area contributed by atoms with E-state index in [0.717, 1.165) is 24.1 Å². The second kappa shape index (κ2) is 8.42. The third-order valence-electron chi connectivity index (χ3n) is 4.45. The molecule has 3 aromatic carbocycles. The van der Waals surface area contributed by atoms with Crippen molar-refractivity contribution in [2.75, 3.05) is 10.2 Å². The molecular weight excluding hydrogens is 598 g/mol. The minimum atomic E-state index is -0.201. The maximum absolute atomic E-state index is 13.3. The fraction of sp³-hybridized carbons (Fsp3) is 0.0455. The topological polar surface area (TPSA) is 32.3 Å². The number of rotatable bonds is 4. The van der Waals surface area contributed by atoms with E-state index in [-0.39, 0.29) is 11.9 Å². The van der Waals surface area contributed by atoms with E-state index < -0.39 is 0 Å². The third kappa shape index (κ3) is 4.21. The van der Waals surface area contributed by atoms with Crippen LogP contribution >= 0.6 is 56.8 Å². The van der Waals surface area contributed by atoms with Gasteiger partial charge in [0, 0.05) is 23.5 Å². The zero-order valence-corrected chi connectivity index (χ0v) is 19.6. The van der Waals surface area contributed by atoms with Crippen LogP contribution in [0.5, 0.6) is 0 Å². The van der Waals surface area contributed by atoms with Crippen molar-refractivity contribution in [3.05, 3.63) is 102 Å². The van der Waals surface area contributed by atoms with Crippen molar-refractivity contribution >= 4 is 74.1 Å². The lowest BCUT2D eigenvalue weighted by molar-refractivity contribution is -0.114. The van der Waals surface area contributed by atoms with E-state index in [4.69, 9.17) is 11.6 Å². The molecule has 140 valence electrons. The van der Waals surface area contributed by atoms with Gasteiger partial charge in [0.15, 0.2) is 0 Å². The molecule has 0 saturated carbocycles. The minimum Gasteiger partial charge on any atom is -0.351 e. The molecule has 0 aromatic heterocycles. The molecule has 6 heteroatoms. The van der Waals surface area contributed by atoms with Crippen LogP contribution in [0.2, 0.25) is 5.02 Å². The largest absolute Gasteiger partial charge is 0.351 e. The van der Waals surface area contributed by atoms with Crippen LogP contribution in [0.4, 0.5) is 11.4 Å². The predicted octanol–water partition coefficient (Wildman–Crippen LogP) is 6.63. The maximum Gasteiger partial charge on any atom is 0.275 e. The Kier molecular flexibility index (Phi) is 5.93. The number of nitrogens with one attached hydrogen (secondary N) is 1. The summed E-state index contributed by atoms with van der Waals surface area (Å²) in [5, 5.41) is 3.97. The molecule has 0 saturated heterocycles. The Labute approximate surface area is 196 Å². The number of anilines is 2. The summed E-state index contributed by atoms with van der Waals surface area (Å²) in [5.74, 6) is -0.0548. The standard InChI is InChI=1S/C22H15ClI2N2O/c23-15-9-7-14(8-10-15)21-13-20(26-18-5-1-3-16(24)11-18)22(28)27(21)19-6-2-4-17(25)12-19/h1-13,21,26H. The van der Waals surface area contributed by atoms with Crippen LogP contribution in [0.3, 0.4) is 0 Å². The van der Waals surface area contributed by atoms with Crippen molar-refractivity contribution in [3.63, 3.8) is 0 Å². The fourth-order valence-electron chi connectivity index (χ4n) is 3.19. The lowest BCUT2D eigenvalue weighted by Crippen LogP contribution is -2.30. The van der Waals surface area contributed by atoms with Gasteiger partial charge in [0.1, 0.15) is 5.70 Å². The van der Waals surface area contributed by atoms with Crippen molar-refractivity contribution in [3.8, 4) is 0 Å². The maximum atomic E-state index is 13.3. The van der Waals surface area contributed by atoms with Crippen LogP contribution in [-0.2, 0) is 4.79 Å². The highest BCUT2D eigenvalue weighted by Crippen LogP contribution is 2.37. The zero-order valence-electron chi connectivity index (χ0n) is 14.6. The summed E-state index contributed by atoms with van der Waals surface area (Å²) in [5.41, 5.74) is 3.34. The van der Waals surface area contributed by atoms with Gasteiger partial charge in [0.25, 0.3) is 5.91 Å². The van der Waals surface area contributed by atoms with Crippen molar-refractivity contribution in [1.82, 2.24) is 0 Å². The van der Waals surface area contributed by atoms with Gasteiger partial charge in [0.05, 0.1) is 6.04 Å².